The molecule has 0 aliphatic heterocycles. The summed E-state index contributed by atoms with van der Waals surface area (Å²) in [4.78, 5) is 5.19. The van der Waals surface area contributed by atoms with E-state index in [-0.39, 0.29) is 4.32 Å². The average Bonchev–Trinajstić information content (AvgIpc) is 2.25. The zero-order chi connectivity index (χ0) is 12.2. The van der Waals surface area contributed by atoms with Crippen LogP contribution in [-0.2, 0) is 24.1 Å². The fraction of sp³-hybridized carbons (Fsp3) is 0.182. The van der Waals surface area contributed by atoms with Gasteiger partial charge in [0.05, 0.1) is 0 Å². The van der Waals surface area contributed by atoms with Crippen LogP contribution in [0.5, 0.6) is 0 Å². The Hall–Kier alpha value is -1.19. The molecule has 0 bridgehead atoms. The smallest absolute Gasteiger partial charge is 0.166 e. The SMILES string of the molecule is C#CC[NH2+]OCc1ccccc1.NC(=S)[S-]. The van der Waals surface area contributed by atoms with Crippen molar-refractivity contribution in [3.63, 3.8) is 0 Å². The number of benzene rings is 1. The Balaban J connectivity index is 0.000000487. The molecule has 1 rings (SSSR count). The standard InChI is InChI=1S/C10H11NO.CH3NS2/c1-2-8-11-12-9-10-6-4-3-5-7-10;2-1(3)4/h1,3-7,11H,8-9H2;(H3,2,3,4). The lowest BCUT2D eigenvalue weighted by molar-refractivity contribution is -0.893. The Morgan fingerprint density at radius 1 is 1.50 bits per heavy atom. The summed E-state index contributed by atoms with van der Waals surface area (Å²) in [6.45, 7) is 1.16. The molecule has 0 atom stereocenters. The number of rotatable bonds is 4. The molecule has 1 aromatic carbocycles. The minimum absolute atomic E-state index is 0.0833. The number of quaternary nitrogens is 1. The van der Waals surface area contributed by atoms with E-state index in [0.29, 0.717) is 13.2 Å². The summed E-state index contributed by atoms with van der Waals surface area (Å²) in [6.07, 6.45) is 5.05. The monoisotopic (exact) mass is 254 g/mol. The molecule has 1 aromatic rings. The maximum atomic E-state index is 5.19. The normalized spacial score (nSPS) is 8.44. The number of hydrogen-bond donors (Lipinski definition) is 2. The van der Waals surface area contributed by atoms with Gasteiger partial charge in [-0.3, -0.25) is 0 Å². The molecule has 0 saturated carbocycles. The molecule has 0 aliphatic rings. The summed E-state index contributed by atoms with van der Waals surface area (Å²) in [7, 11) is 0. The summed E-state index contributed by atoms with van der Waals surface area (Å²) in [5, 5.41) is 0. The fourth-order valence-electron chi connectivity index (χ4n) is 0.836. The van der Waals surface area contributed by atoms with Crippen LogP contribution in [0.3, 0.4) is 0 Å². The van der Waals surface area contributed by atoms with Crippen LogP contribution in [0, 0.1) is 12.3 Å². The van der Waals surface area contributed by atoms with E-state index in [0.717, 1.165) is 5.56 Å². The largest absolute Gasteiger partial charge is 0.415 e. The number of nitrogens with two attached hydrogens (primary N) is 2. The van der Waals surface area contributed by atoms with E-state index >= 15 is 0 Å². The van der Waals surface area contributed by atoms with Crippen molar-refractivity contribution in [2.45, 2.75) is 6.61 Å². The third kappa shape index (κ3) is 10.9. The van der Waals surface area contributed by atoms with Crippen LogP contribution in [-0.4, -0.2) is 10.9 Å². The quantitative estimate of drug-likeness (QED) is 0.263. The van der Waals surface area contributed by atoms with Crippen LogP contribution < -0.4 is 11.2 Å². The lowest BCUT2D eigenvalue weighted by atomic mass is 10.2. The highest BCUT2D eigenvalue weighted by Crippen LogP contribution is 1.97. The number of thiocarbonyl (C=S) groups is 1. The molecular formula is C11H14N2OS2. The second-order valence-corrected chi connectivity index (χ2v) is 3.83. The molecule has 0 fully saturated rings. The van der Waals surface area contributed by atoms with Crippen molar-refractivity contribution in [1.82, 2.24) is 0 Å². The highest BCUT2D eigenvalue weighted by molar-refractivity contribution is 8.00. The Bertz CT molecular complexity index is 332. The van der Waals surface area contributed by atoms with Gasteiger partial charge in [-0.25, -0.2) is 4.84 Å². The predicted molar refractivity (Wildman–Crippen MR) is 71.0 cm³/mol. The molecule has 0 amide bonds. The summed E-state index contributed by atoms with van der Waals surface area (Å²) in [6, 6.07) is 9.99. The van der Waals surface area contributed by atoms with Crippen LogP contribution in [0.25, 0.3) is 0 Å². The van der Waals surface area contributed by atoms with Crippen molar-refractivity contribution >= 4 is 29.2 Å². The third-order valence-corrected chi connectivity index (χ3v) is 1.41. The molecule has 86 valence electrons. The van der Waals surface area contributed by atoms with Crippen molar-refractivity contribution in [1.29, 1.82) is 0 Å². The lowest BCUT2D eigenvalue weighted by Crippen LogP contribution is -2.82. The van der Waals surface area contributed by atoms with Gasteiger partial charge in [0.25, 0.3) is 0 Å². The zero-order valence-corrected chi connectivity index (χ0v) is 10.4. The van der Waals surface area contributed by atoms with E-state index in [2.05, 4.69) is 36.5 Å². The van der Waals surface area contributed by atoms with Crippen molar-refractivity contribution in [3.8, 4) is 12.3 Å². The maximum absolute atomic E-state index is 5.19. The van der Waals surface area contributed by atoms with E-state index in [1.54, 1.807) is 5.48 Å². The zero-order valence-electron chi connectivity index (χ0n) is 8.76. The fourth-order valence-corrected chi connectivity index (χ4v) is 0.836. The Kier molecular flexibility index (Phi) is 9.56. The van der Waals surface area contributed by atoms with Gasteiger partial charge in [-0.2, -0.15) is 5.48 Å². The van der Waals surface area contributed by atoms with Gasteiger partial charge in [-0.1, -0.05) is 34.7 Å². The molecule has 0 aromatic heterocycles. The van der Waals surface area contributed by atoms with E-state index in [9.17, 15) is 0 Å². The molecule has 16 heavy (non-hydrogen) atoms. The molecule has 5 heteroatoms. The topological polar surface area (TPSA) is 51.9 Å². The van der Waals surface area contributed by atoms with Gasteiger partial charge in [-0.05, 0) is 11.5 Å². The van der Waals surface area contributed by atoms with Crippen molar-refractivity contribution in [3.05, 3.63) is 35.9 Å². The molecule has 0 saturated heterocycles. The van der Waals surface area contributed by atoms with Crippen molar-refractivity contribution in [2.24, 2.45) is 5.73 Å². The second-order valence-electron chi connectivity index (χ2n) is 2.69. The van der Waals surface area contributed by atoms with Gasteiger partial charge in [0.2, 0.25) is 0 Å². The Morgan fingerprint density at radius 2 is 2.06 bits per heavy atom. The molecule has 0 radical (unpaired) electrons. The first-order chi connectivity index (χ1) is 7.66. The highest BCUT2D eigenvalue weighted by atomic mass is 32.1. The van der Waals surface area contributed by atoms with Crippen LogP contribution in [0.1, 0.15) is 5.56 Å². The molecule has 0 spiro atoms. The maximum Gasteiger partial charge on any atom is 0.166 e. The number of hydroxylamine groups is 1. The minimum Gasteiger partial charge on any atom is -0.415 e. The minimum atomic E-state index is 0.0833. The summed E-state index contributed by atoms with van der Waals surface area (Å²) >= 11 is 8.26. The highest BCUT2D eigenvalue weighted by Gasteiger charge is 1.91. The van der Waals surface area contributed by atoms with Crippen LogP contribution in [0.15, 0.2) is 30.3 Å². The van der Waals surface area contributed by atoms with Gasteiger partial charge in [0, 0.05) is 0 Å². The first kappa shape index (κ1) is 14.8. The van der Waals surface area contributed by atoms with Gasteiger partial charge >= 0.3 is 0 Å². The van der Waals surface area contributed by atoms with E-state index in [1.165, 1.54) is 0 Å². The summed E-state index contributed by atoms with van der Waals surface area (Å²) in [5.74, 6) is 2.47. The van der Waals surface area contributed by atoms with Crippen LogP contribution >= 0.6 is 12.2 Å². The molecular weight excluding hydrogens is 240 g/mol. The molecule has 0 unspecified atom stereocenters. The molecule has 4 N–H and O–H groups in total. The average molecular weight is 254 g/mol. The van der Waals surface area contributed by atoms with Crippen LogP contribution in [0.4, 0.5) is 0 Å². The van der Waals surface area contributed by atoms with Gasteiger partial charge in [0.15, 0.2) is 6.54 Å². The summed E-state index contributed by atoms with van der Waals surface area (Å²) in [5.41, 5.74) is 7.46. The molecule has 3 nitrogen and oxygen atoms in total. The number of terminal acetylenes is 1. The van der Waals surface area contributed by atoms with Gasteiger partial charge in [-0.15, -0.1) is 6.42 Å². The predicted octanol–water partition coefficient (Wildman–Crippen LogP) is 0.0917. The van der Waals surface area contributed by atoms with Crippen LogP contribution in [0.2, 0.25) is 0 Å². The Labute approximate surface area is 107 Å². The Morgan fingerprint density at radius 3 is 2.56 bits per heavy atom. The second kappa shape index (κ2) is 10.3. The van der Waals surface area contributed by atoms with Crippen molar-refractivity contribution < 1.29 is 10.3 Å². The first-order valence-electron chi connectivity index (χ1n) is 4.54. The van der Waals surface area contributed by atoms with E-state index in [1.807, 2.05) is 30.3 Å². The third-order valence-electron chi connectivity index (χ3n) is 1.41. The summed E-state index contributed by atoms with van der Waals surface area (Å²) < 4.78 is 0.0833. The first-order valence-corrected chi connectivity index (χ1v) is 5.35. The van der Waals surface area contributed by atoms with E-state index in [4.69, 9.17) is 11.3 Å². The number of hydrogen-bond acceptors (Lipinski definition) is 3. The molecule has 0 heterocycles. The van der Waals surface area contributed by atoms with E-state index < -0.39 is 0 Å². The van der Waals surface area contributed by atoms with Gasteiger partial charge in [0.1, 0.15) is 6.61 Å². The lowest BCUT2D eigenvalue weighted by Gasteiger charge is -1.98. The molecule has 0 aliphatic carbocycles. The van der Waals surface area contributed by atoms with Gasteiger partial charge < -0.3 is 30.6 Å². The van der Waals surface area contributed by atoms with Crippen molar-refractivity contribution in [2.75, 3.05) is 6.54 Å².